The summed E-state index contributed by atoms with van der Waals surface area (Å²) in [4.78, 5) is 6.96. The largest absolute Gasteiger partial charge is 0.496 e. The molecule has 0 saturated heterocycles. The van der Waals surface area contributed by atoms with Crippen LogP contribution in [0.3, 0.4) is 0 Å². The van der Waals surface area contributed by atoms with Gasteiger partial charge in [0.1, 0.15) is 21.9 Å². The van der Waals surface area contributed by atoms with Crippen molar-refractivity contribution in [1.29, 1.82) is 0 Å². The van der Waals surface area contributed by atoms with E-state index in [2.05, 4.69) is 9.97 Å². The van der Waals surface area contributed by atoms with Gasteiger partial charge in [0, 0.05) is 18.0 Å². The molecule has 0 aliphatic rings. The lowest BCUT2D eigenvalue weighted by Crippen LogP contribution is -1.93. The van der Waals surface area contributed by atoms with Crippen LogP contribution in [0.25, 0.3) is 11.3 Å². The van der Waals surface area contributed by atoms with Crippen molar-refractivity contribution in [2.75, 3.05) is 7.11 Å². The molecule has 0 spiro atoms. The fourth-order valence-corrected chi connectivity index (χ4v) is 1.64. The zero-order valence-electron chi connectivity index (χ0n) is 8.53. The first kappa shape index (κ1) is 10.8. The third kappa shape index (κ3) is 1.94. The summed E-state index contributed by atoms with van der Waals surface area (Å²) in [6.07, 6.45) is 3.19. The minimum atomic E-state index is -0.351. The quantitative estimate of drug-likeness (QED) is 0.815. The summed E-state index contributed by atoms with van der Waals surface area (Å²) < 4.78 is 18.8. The Morgan fingerprint density at radius 1 is 1.44 bits per heavy atom. The van der Waals surface area contributed by atoms with Crippen molar-refractivity contribution in [2.24, 2.45) is 0 Å². The molecule has 0 unspecified atom stereocenters. The summed E-state index contributed by atoms with van der Waals surface area (Å²) >= 11 is 5.09. The first-order valence-electron chi connectivity index (χ1n) is 4.60. The van der Waals surface area contributed by atoms with Crippen LogP contribution >= 0.6 is 12.2 Å². The standard InChI is InChI=1S/C11H9FN2OS/c1-15-9-3-2-7(12)6-8(9)10-11(16)14-5-4-13-10/h2-6H,1H3,(H,14,16). The molecule has 16 heavy (non-hydrogen) atoms. The second-order valence-corrected chi connectivity index (χ2v) is 3.52. The van der Waals surface area contributed by atoms with Crippen LogP contribution in [0.15, 0.2) is 30.6 Å². The smallest absolute Gasteiger partial charge is 0.130 e. The fraction of sp³-hybridized carbons (Fsp3) is 0.0909. The number of nitrogens with zero attached hydrogens (tertiary/aromatic N) is 1. The van der Waals surface area contributed by atoms with Gasteiger partial charge in [-0.25, -0.2) is 4.39 Å². The van der Waals surface area contributed by atoms with Crippen LogP contribution in [0.5, 0.6) is 5.75 Å². The van der Waals surface area contributed by atoms with Gasteiger partial charge in [-0.1, -0.05) is 12.2 Å². The second-order valence-electron chi connectivity index (χ2n) is 3.11. The Bertz CT molecular complexity index is 568. The van der Waals surface area contributed by atoms with E-state index in [-0.39, 0.29) is 5.82 Å². The van der Waals surface area contributed by atoms with E-state index in [1.165, 1.54) is 19.2 Å². The third-order valence-electron chi connectivity index (χ3n) is 2.12. The molecule has 0 amide bonds. The molecule has 0 radical (unpaired) electrons. The maximum Gasteiger partial charge on any atom is 0.130 e. The van der Waals surface area contributed by atoms with Crippen LogP contribution in [0.1, 0.15) is 0 Å². The highest BCUT2D eigenvalue weighted by Gasteiger charge is 2.09. The topological polar surface area (TPSA) is 37.9 Å². The molecule has 0 saturated carbocycles. The number of aromatic nitrogens is 2. The van der Waals surface area contributed by atoms with Crippen LogP contribution < -0.4 is 4.74 Å². The van der Waals surface area contributed by atoms with Gasteiger partial charge >= 0.3 is 0 Å². The van der Waals surface area contributed by atoms with Crippen molar-refractivity contribution in [1.82, 2.24) is 9.97 Å². The van der Waals surface area contributed by atoms with E-state index in [1.54, 1.807) is 18.5 Å². The molecular formula is C11H9FN2OS. The molecule has 82 valence electrons. The highest BCUT2D eigenvalue weighted by atomic mass is 32.1. The lowest BCUT2D eigenvalue weighted by molar-refractivity contribution is 0.415. The lowest BCUT2D eigenvalue weighted by atomic mass is 10.1. The van der Waals surface area contributed by atoms with Gasteiger partial charge in [0.25, 0.3) is 0 Å². The maximum atomic E-state index is 13.2. The molecule has 2 rings (SSSR count). The van der Waals surface area contributed by atoms with Crippen LogP contribution in [-0.4, -0.2) is 17.1 Å². The van der Waals surface area contributed by atoms with Crippen LogP contribution in [0, 0.1) is 10.5 Å². The van der Waals surface area contributed by atoms with Gasteiger partial charge in [0.2, 0.25) is 0 Å². The van der Waals surface area contributed by atoms with Crippen LogP contribution in [0.2, 0.25) is 0 Å². The molecule has 0 atom stereocenters. The zero-order chi connectivity index (χ0) is 11.5. The highest BCUT2D eigenvalue weighted by Crippen LogP contribution is 2.29. The lowest BCUT2D eigenvalue weighted by Gasteiger charge is -2.07. The van der Waals surface area contributed by atoms with Gasteiger partial charge in [-0.05, 0) is 18.2 Å². The van der Waals surface area contributed by atoms with Gasteiger partial charge in [-0.3, -0.25) is 4.98 Å². The Balaban J connectivity index is 2.68. The van der Waals surface area contributed by atoms with E-state index in [4.69, 9.17) is 17.0 Å². The summed E-state index contributed by atoms with van der Waals surface area (Å²) in [7, 11) is 1.52. The van der Waals surface area contributed by atoms with E-state index in [1.807, 2.05) is 0 Å². The minimum Gasteiger partial charge on any atom is -0.496 e. The van der Waals surface area contributed by atoms with Crippen molar-refractivity contribution < 1.29 is 9.13 Å². The predicted octanol–water partition coefficient (Wildman–Crippen LogP) is 2.95. The Labute approximate surface area is 96.9 Å². The van der Waals surface area contributed by atoms with E-state index < -0.39 is 0 Å². The normalized spacial score (nSPS) is 10.1. The number of halogens is 1. The van der Waals surface area contributed by atoms with Gasteiger partial charge in [0.15, 0.2) is 0 Å². The molecule has 0 bridgehead atoms. The van der Waals surface area contributed by atoms with Gasteiger partial charge < -0.3 is 9.72 Å². The molecule has 2 aromatic rings. The number of hydrogen-bond acceptors (Lipinski definition) is 3. The summed E-state index contributed by atoms with van der Waals surface area (Å²) in [6.45, 7) is 0. The number of nitrogens with one attached hydrogen (secondary N) is 1. The molecule has 0 fully saturated rings. The third-order valence-corrected chi connectivity index (χ3v) is 2.44. The fourth-order valence-electron chi connectivity index (χ4n) is 1.41. The first-order valence-corrected chi connectivity index (χ1v) is 5.01. The number of rotatable bonds is 2. The molecule has 1 aromatic heterocycles. The number of H-pyrrole nitrogens is 1. The van der Waals surface area contributed by atoms with Crippen molar-refractivity contribution in [3.63, 3.8) is 0 Å². The van der Waals surface area contributed by atoms with E-state index >= 15 is 0 Å². The van der Waals surface area contributed by atoms with Crippen LogP contribution in [0.4, 0.5) is 4.39 Å². The predicted molar refractivity (Wildman–Crippen MR) is 61.4 cm³/mol. The van der Waals surface area contributed by atoms with Crippen molar-refractivity contribution >= 4 is 12.2 Å². The van der Waals surface area contributed by atoms with Gasteiger partial charge in [-0.2, -0.15) is 0 Å². The van der Waals surface area contributed by atoms with Crippen molar-refractivity contribution in [3.05, 3.63) is 41.1 Å². The first-order chi connectivity index (χ1) is 7.72. The summed E-state index contributed by atoms with van der Waals surface area (Å²) in [5, 5.41) is 0. The number of aromatic amines is 1. The number of benzene rings is 1. The number of hydrogen-bond donors (Lipinski definition) is 1. The van der Waals surface area contributed by atoms with Gasteiger partial charge in [0.05, 0.1) is 7.11 Å². The van der Waals surface area contributed by atoms with Gasteiger partial charge in [-0.15, -0.1) is 0 Å². The minimum absolute atomic E-state index is 0.351. The van der Waals surface area contributed by atoms with E-state index in [0.29, 0.717) is 21.6 Å². The molecule has 3 nitrogen and oxygen atoms in total. The molecule has 0 aliphatic carbocycles. The monoisotopic (exact) mass is 236 g/mol. The Kier molecular flexibility index (Phi) is 2.96. The molecule has 1 N–H and O–H groups in total. The summed E-state index contributed by atoms with van der Waals surface area (Å²) in [5.74, 6) is 0.190. The molecule has 1 aromatic carbocycles. The Morgan fingerprint density at radius 2 is 2.25 bits per heavy atom. The maximum absolute atomic E-state index is 13.2. The SMILES string of the molecule is COc1ccc(F)cc1-c1ncc[nH]c1=S. The summed E-state index contributed by atoms with van der Waals surface area (Å²) in [5.41, 5.74) is 1.05. The Morgan fingerprint density at radius 3 is 2.94 bits per heavy atom. The van der Waals surface area contributed by atoms with Crippen LogP contribution in [-0.2, 0) is 0 Å². The van der Waals surface area contributed by atoms with E-state index in [9.17, 15) is 4.39 Å². The zero-order valence-corrected chi connectivity index (χ0v) is 9.34. The number of ether oxygens (including phenoxy) is 1. The molecule has 1 heterocycles. The second kappa shape index (κ2) is 4.40. The molecular weight excluding hydrogens is 227 g/mol. The molecule has 0 aliphatic heterocycles. The highest BCUT2D eigenvalue weighted by molar-refractivity contribution is 7.71. The number of methoxy groups -OCH3 is 1. The average molecular weight is 236 g/mol. The summed E-state index contributed by atoms with van der Waals surface area (Å²) in [6, 6.07) is 4.23. The average Bonchev–Trinajstić information content (AvgIpc) is 2.29. The van der Waals surface area contributed by atoms with E-state index in [0.717, 1.165) is 0 Å². The van der Waals surface area contributed by atoms with Crippen molar-refractivity contribution in [3.8, 4) is 17.0 Å². The van der Waals surface area contributed by atoms with Crippen molar-refractivity contribution in [2.45, 2.75) is 0 Å². The molecule has 5 heteroatoms. The Hall–Kier alpha value is -1.75.